The number of nitrogens with one attached hydrogen (secondary N) is 2. The summed E-state index contributed by atoms with van der Waals surface area (Å²) in [6, 6.07) is -1.39. The van der Waals surface area contributed by atoms with Crippen molar-refractivity contribution in [1.29, 1.82) is 0 Å². The minimum atomic E-state index is -1.39. The van der Waals surface area contributed by atoms with Gasteiger partial charge in [-0.2, -0.15) is 0 Å². The van der Waals surface area contributed by atoms with Crippen LogP contribution >= 0.6 is 0 Å². The van der Waals surface area contributed by atoms with Gasteiger partial charge < -0.3 is 25.6 Å². The van der Waals surface area contributed by atoms with Gasteiger partial charge in [-0.25, -0.2) is 4.79 Å². The maximum absolute atomic E-state index is 12.7. The summed E-state index contributed by atoms with van der Waals surface area (Å²) < 4.78 is 5.91. The number of carboxylic acid groups (broad SMARTS) is 1. The number of aliphatic hydroxyl groups excluding tert-OH is 1. The monoisotopic (exact) mass is 733 g/mol. The molecule has 2 atom stereocenters. The van der Waals surface area contributed by atoms with Crippen LogP contribution < -0.4 is 10.6 Å². The minimum absolute atomic E-state index is 0.115. The maximum atomic E-state index is 12.7. The summed E-state index contributed by atoms with van der Waals surface area (Å²) >= 11 is 0. The Balaban J connectivity index is 4.41. The van der Waals surface area contributed by atoms with E-state index in [1.807, 2.05) is 6.08 Å². The molecule has 0 heterocycles. The Labute approximate surface area is 316 Å². The van der Waals surface area contributed by atoms with Gasteiger partial charge in [-0.05, 0) is 57.4 Å². The quantitative estimate of drug-likeness (QED) is 0.0283. The third-order valence-corrected chi connectivity index (χ3v) is 9.12. The van der Waals surface area contributed by atoms with Gasteiger partial charge in [0, 0.05) is 12.8 Å². The van der Waals surface area contributed by atoms with E-state index in [0.717, 1.165) is 64.2 Å². The summed E-state index contributed by atoms with van der Waals surface area (Å²) in [4.78, 5) is 47.4. The van der Waals surface area contributed by atoms with Crippen LogP contribution in [0.25, 0.3) is 0 Å². The summed E-state index contributed by atoms with van der Waals surface area (Å²) in [7, 11) is 0. The van der Waals surface area contributed by atoms with Crippen LogP contribution in [0.15, 0.2) is 36.5 Å². The predicted octanol–water partition coefficient (Wildman–Crippen LogP) is 9.82. The molecule has 0 aromatic rings. The van der Waals surface area contributed by atoms with E-state index in [-0.39, 0.29) is 30.9 Å². The number of hydrogen-bond acceptors (Lipinski definition) is 6. The molecule has 2 unspecified atom stereocenters. The number of aliphatic carboxylic acids is 1. The second kappa shape index (κ2) is 37.8. The second-order valence-corrected chi connectivity index (χ2v) is 14.1. The number of carbonyl (C=O) groups excluding carboxylic acids is 3. The number of rotatable bonds is 37. The third-order valence-electron chi connectivity index (χ3n) is 9.12. The molecule has 0 aliphatic carbocycles. The molecule has 0 spiro atoms. The average molecular weight is 733 g/mol. The first kappa shape index (κ1) is 49.1. The van der Waals surface area contributed by atoms with Crippen molar-refractivity contribution >= 4 is 23.8 Å². The second-order valence-electron chi connectivity index (χ2n) is 14.1. The summed E-state index contributed by atoms with van der Waals surface area (Å²) in [6.07, 6.45) is 41.8. The SMILES string of the molecule is CCCCC/C=C\C/C=C\C/C=C\C(CCCCCCCC(=O)NCC(=O)NC(CO)C(=O)O)OC(=O)CCCCCCCCCCCCCCC. The van der Waals surface area contributed by atoms with Gasteiger partial charge in [0.05, 0.1) is 13.2 Å². The smallest absolute Gasteiger partial charge is 0.328 e. The molecule has 2 amide bonds. The molecule has 0 aliphatic heterocycles. The highest BCUT2D eigenvalue weighted by Crippen LogP contribution is 2.16. The zero-order valence-electron chi connectivity index (χ0n) is 33.1. The zero-order chi connectivity index (χ0) is 38.3. The number of aliphatic hydroxyl groups is 1. The lowest BCUT2D eigenvalue weighted by Gasteiger charge is -2.15. The van der Waals surface area contributed by atoms with E-state index < -0.39 is 24.5 Å². The molecule has 0 aromatic carbocycles. The molecule has 9 heteroatoms. The van der Waals surface area contributed by atoms with E-state index in [0.29, 0.717) is 12.8 Å². The predicted molar refractivity (Wildman–Crippen MR) is 213 cm³/mol. The van der Waals surface area contributed by atoms with Gasteiger partial charge in [-0.3, -0.25) is 14.4 Å². The third kappa shape index (κ3) is 34.2. The van der Waals surface area contributed by atoms with Crippen LogP contribution in [0.3, 0.4) is 0 Å². The number of allylic oxidation sites excluding steroid dienone is 5. The molecule has 0 rings (SSSR count). The molecule has 0 aliphatic rings. The highest BCUT2D eigenvalue weighted by Gasteiger charge is 2.18. The van der Waals surface area contributed by atoms with Gasteiger partial charge in [-0.1, -0.05) is 153 Å². The average Bonchev–Trinajstić information content (AvgIpc) is 3.13. The van der Waals surface area contributed by atoms with Crippen LogP contribution in [-0.2, 0) is 23.9 Å². The topological polar surface area (TPSA) is 142 Å². The van der Waals surface area contributed by atoms with Crippen molar-refractivity contribution in [3.05, 3.63) is 36.5 Å². The first-order valence-corrected chi connectivity index (χ1v) is 20.9. The zero-order valence-corrected chi connectivity index (χ0v) is 33.1. The first-order valence-electron chi connectivity index (χ1n) is 20.9. The highest BCUT2D eigenvalue weighted by molar-refractivity contribution is 5.87. The molecular formula is C43H76N2O7. The Morgan fingerprint density at radius 3 is 1.67 bits per heavy atom. The van der Waals surface area contributed by atoms with E-state index in [1.54, 1.807) is 0 Å². The molecule has 0 fully saturated rings. The van der Waals surface area contributed by atoms with E-state index in [1.165, 1.54) is 89.9 Å². The van der Waals surface area contributed by atoms with E-state index in [2.05, 4.69) is 54.9 Å². The lowest BCUT2D eigenvalue weighted by atomic mass is 10.0. The molecule has 0 aromatic heterocycles. The fraction of sp³-hybridized carbons (Fsp3) is 0.767. The molecule has 0 saturated carbocycles. The molecule has 300 valence electrons. The molecule has 9 nitrogen and oxygen atoms in total. The standard InChI is InChI=1S/C43H76N2O7/c1-3-5-7-9-11-13-15-16-18-20-22-27-31-35-42(49)52-38(32-28-24-21-19-17-14-12-10-8-6-4-2)33-29-25-23-26-30-34-40(47)44-36-41(48)45-39(37-46)43(50)51/h12,14,19,21,28,32,38-39,46H,3-11,13,15-18,20,22-27,29-31,33-37H2,1-2H3,(H,44,47)(H,45,48)(H,50,51)/b14-12-,21-19-,32-28-. The van der Waals surface area contributed by atoms with Gasteiger partial charge >= 0.3 is 11.9 Å². The van der Waals surface area contributed by atoms with E-state index in [9.17, 15) is 19.2 Å². The van der Waals surface area contributed by atoms with Gasteiger partial charge in [0.1, 0.15) is 12.1 Å². The number of unbranched alkanes of at least 4 members (excludes halogenated alkanes) is 19. The fourth-order valence-corrected chi connectivity index (χ4v) is 5.87. The fourth-order valence-electron chi connectivity index (χ4n) is 5.87. The Kier molecular flexibility index (Phi) is 35.7. The molecule has 0 saturated heterocycles. The van der Waals surface area contributed by atoms with Crippen molar-refractivity contribution in [2.45, 2.75) is 199 Å². The molecular weight excluding hydrogens is 656 g/mol. The Morgan fingerprint density at radius 2 is 1.10 bits per heavy atom. The van der Waals surface area contributed by atoms with Crippen LogP contribution in [0.2, 0.25) is 0 Å². The van der Waals surface area contributed by atoms with Crippen molar-refractivity contribution in [2.24, 2.45) is 0 Å². The number of amides is 2. The van der Waals surface area contributed by atoms with Crippen LogP contribution in [0.4, 0.5) is 0 Å². The van der Waals surface area contributed by atoms with Crippen LogP contribution in [0.5, 0.6) is 0 Å². The van der Waals surface area contributed by atoms with Gasteiger partial charge in [0.25, 0.3) is 0 Å². The number of hydrogen-bond donors (Lipinski definition) is 4. The Hall–Kier alpha value is -2.94. The van der Waals surface area contributed by atoms with Crippen LogP contribution in [0, 0.1) is 0 Å². The largest absolute Gasteiger partial charge is 0.480 e. The van der Waals surface area contributed by atoms with Crippen molar-refractivity contribution in [1.82, 2.24) is 10.6 Å². The maximum Gasteiger partial charge on any atom is 0.328 e. The Bertz CT molecular complexity index is 979. The summed E-state index contributed by atoms with van der Waals surface area (Å²) in [5.74, 6) is -2.39. The van der Waals surface area contributed by atoms with Gasteiger partial charge in [0.15, 0.2) is 0 Å². The van der Waals surface area contributed by atoms with E-state index in [4.69, 9.17) is 14.9 Å². The first-order chi connectivity index (χ1) is 25.3. The molecule has 4 N–H and O–H groups in total. The molecule has 0 bridgehead atoms. The normalized spacial score (nSPS) is 12.8. The minimum Gasteiger partial charge on any atom is -0.480 e. The summed E-state index contributed by atoms with van der Waals surface area (Å²) in [5, 5.41) is 22.5. The van der Waals surface area contributed by atoms with Crippen molar-refractivity contribution < 1.29 is 34.1 Å². The summed E-state index contributed by atoms with van der Waals surface area (Å²) in [5.41, 5.74) is 0. The van der Waals surface area contributed by atoms with Gasteiger partial charge in [0.2, 0.25) is 11.8 Å². The number of carbonyl (C=O) groups is 4. The number of esters is 1. The molecule has 0 radical (unpaired) electrons. The molecule has 52 heavy (non-hydrogen) atoms. The van der Waals surface area contributed by atoms with Crippen LogP contribution in [-0.4, -0.2) is 59.3 Å². The lowest BCUT2D eigenvalue weighted by molar-refractivity contribution is -0.147. The van der Waals surface area contributed by atoms with E-state index >= 15 is 0 Å². The van der Waals surface area contributed by atoms with Gasteiger partial charge in [-0.15, -0.1) is 0 Å². The highest BCUT2D eigenvalue weighted by atomic mass is 16.5. The van der Waals surface area contributed by atoms with Crippen LogP contribution in [0.1, 0.15) is 187 Å². The van der Waals surface area contributed by atoms with Crippen molar-refractivity contribution in [3.8, 4) is 0 Å². The Morgan fingerprint density at radius 1 is 0.596 bits per heavy atom. The lowest BCUT2D eigenvalue weighted by Crippen LogP contribution is -2.47. The number of carboxylic acids is 1. The summed E-state index contributed by atoms with van der Waals surface area (Å²) in [6.45, 7) is 3.43. The van der Waals surface area contributed by atoms with Crippen molar-refractivity contribution in [2.75, 3.05) is 13.2 Å². The van der Waals surface area contributed by atoms with Crippen molar-refractivity contribution in [3.63, 3.8) is 0 Å². The number of ether oxygens (including phenoxy) is 1.